The summed E-state index contributed by atoms with van der Waals surface area (Å²) in [6.45, 7) is 2.59. The van der Waals surface area contributed by atoms with E-state index in [2.05, 4.69) is 15.3 Å². The molecule has 2 heterocycles. The second kappa shape index (κ2) is 8.56. The summed E-state index contributed by atoms with van der Waals surface area (Å²) in [6, 6.07) is 10.0. The summed E-state index contributed by atoms with van der Waals surface area (Å²) in [7, 11) is 0. The van der Waals surface area contributed by atoms with Crippen molar-refractivity contribution >= 4 is 11.8 Å². The maximum absolute atomic E-state index is 12.7. The van der Waals surface area contributed by atoms with Crippen molar-refractivity contribution in [2.45, 2.75) is 45.2 Å². The van der Waals surface area contributed by atoms with Gasteiger partial charge in [0.05, 0.1) is 36.4 Å². The van der Waals surface area contributed by atoms with Gasteiger partial charge in [0.1, 0.15) is 0 Å². The molecule has 6 nitrogen and oxygen atoms in total. The zero-order valence-electron chi connectivity index (χ0n) is 15.0. The molecule has 1 fully saturated rings. The van der Waals surface area contributed by atoms with Gasteiger partial charge in [-0.1, -0.05) is 30.3 Å². The average molecular weight is 352 g/mol. The summed E-state index contributed by atoms with van der Waals surface area (Å²) >= 11 is 0. The van der Waals surface area contributed by atoms with Gasteiger partial charge in [-0.25, -0.2) is 0 Å². The predicted octanol–water partition coefficient (Wildman–Crippen LogP) is 2.41. The van der Waals surface area contributed by atoms with E-state index in [1.54, 1.807) is 12.4 Å². The highest BCUT2D eigenvalue weighted by Gasteiger charge is 2.30. The van der Waals surface area contributed by atoms with Crippen LogP contribution < -0.4 is 5.32 Å². The molecule has 1 N–H and O–H groups in total. The van der Waals surface area contributed by atoms with E-state index >= 15 is 0 Å². The molecule has 1 aromatic carbocycles. The van der Waals surface area contributed by atoms with Crippen molar-refractivity contribution in [3.05, 3.63) is 59.7 Å². The lowest BCUT2D eigenvalue weighted by Crippen LogP contribution is -2.31. The predicted molar refractivity (Wildman–Crippen MR) is 98.0 cm³/mol. The van der Waals surface area contributed by atoms with Crippen molar-refractivity contribution in [1.29, 1.82) is 0 Å². The van der Waals surface area contributed by atoms with Gasteiger partial charge in [0.15, 0.2) is 0 Å². The minimum Gasteiger partial charge on any atom is -0.351 e. The molecule has 1 aliphatic rings. The van der Waals surface area contributed by atoms with Crippen molar-refractivity contribution in [3.63, 3.8) is 0 Å². The second-order valence-corrected chi connectivity index (χ2v) is 6.58. The lowest BCUT2D eigenvalue weighted by atomic mass is 10.1. The molecule has 0 unspecified atom stereocenters. The van der Waals surface area contributed by atoms with Gasteiger partial charge >= 0.3 is 0 Å². The normalized spacial score (nSPS) is 16.5. The zero-order valence-corrected chi connectivity index (χ0v) is 15.0. The van der Waals surface area contributed by atoms with Crippen LogP contribution in [-0.2, 0) is 22.6 Å². The van der Waals surface area contributed by atoms with Crippen LogP contribution in [0.25, 0.3) is 0 Å². The third-order valence-corrected chi connectivity index (χ3v) is 4.61. The molecule has 0 radical (unpaired) electrons. The van der Waals surface area contributed by atoms with Crippen LogP contribution in [0.2, 0.25) is 0 Å². The molecule has 26 heavy (non-hydrogen) atoms. The molecule has 6 heteroatoms. The smallest absolute Gasteiger partial charge is 0.223 e. The van der Waals surface area contributed by atoms with E-state index < -0.39 is 0 Å². The Morgan fingerprint density at radius 3 is 2.81 bits per heavy atom. The van der Waals surface area contributed by atoms with Crippen LogP contribution in [0.1, 0.15) is 49.2 Å². The number of nitrogens with zero attached hydrogens (tertiary/aromatic N) is 3. The SMILES string of the molecule is CC(=O)NCc1cncc([C@H]2CCCN2C(=O)CCc2ccccc2)n1. The highest BCUT2D eigenvalue weighted by atomic mass is 16.2. The van der Waals surface area contributed by atoms with Gasteiger partial charge in [0, 0.05) is 19.9 Å². The first kappa shape index (κ1) is 18.0. The van der Waals surface area contributed by atoms with E-state index in [9.17, 15) is 9.59 Å². The Kier molecular flexibility index (Phi) is 5.94. The van der Waals surface area contributed by atoms with Gasteiger partial charge in [-0.3, -0.25) is 19.6 Å². The lowest BCUT2D eigenvalue weighted by Gasteiger charge is -2.24. The fraction of sp³-hybridized carbons (Fsp3) is 0.400. The maximum atomic E-state index is 12.7. The average Bonchev–Trinajstić information content (AvgIpc) is 3.15. The molecule has 1 saturated heterocycles. The number of carbonyl (C=O) groups excluding carboxylic acids is 2. The van der Waals surface area contributed by atoms with Crippen LogP contribution >= 0.6 is 0 Å². The van der Waals surface area contributed by atoms with Crippen LogP contribution in [0, 0.1) is 0 Å². The van der Waals surface area contributed by atoms with Gasteiger partial charge < -0.3 is 10.2 Å². The largest absolute Gasteiger partial charge is 0.351 e. The van der Waals surface area contributed by atoms with Crippen LogP contribution in [0.3, 0.4) is 0 Å². The number of likely N-dealkylation sites (tertiary alicyclic amines) is 1. The highest BCUT2D eigenvalue weighted by molar-refractivity contribution is 5.77. The first-order valence-corrected chi connectivity index (χ1v) is 9.02. The monoisotopic (exact) mass is 352 g/mol. The van der Waals surface area contributed by atoms with E-state index in [4.69, 9.17) is 0 Å². The summed E-state index contributed by atoms with van der Waals surface area (Å²) in [5, 5.41) is 2.73. The minimum absolute atomic E-state index is 0.0250. The Morgan fingerprint density at radius 2 is 2.04 bits per heavy atom. The number of nitrogens with one attached hydrogen (secondary N) is 1. The Balaban J connectivity index is 1.64. The van der Waals surface area contributed by atoms with E-state index in [1.807, 2.05) is 35.2 Å². The zero-order chi connectivity index (χ0) is 18.4. The van der Waals surface area contributed by atoms with Crippen molar-refractivity contribution in [2.75, 3.05) is 6.54 Å². The Hall–Kier alpha value is -2.76. The molecule has 1 atom stereocenters. The molecule has 0 saturated carbocycles. The third kappa shape index (κ3) is 4.65. The molecule has 0 bridgehead atoms. The van der Waals surface area contributed by atoms with Gasteiger partial charge in [-0.15, -0.1) is 0 Å². The summed E-state index contributed by atoms with van der Waals surface area (Å²) in [4.78, 5) is 34.6. The summed E-state index contributed by atoms with van der Waals surface area (Å²) < 4.78 is 0. The highest BCUT2D eigenvalue weighted by Crippen LogP contribution is 2.31. The molecule has 1 aromatic heterocycles. The van der Waals surface area contributed by atoms with Crippen molar-refractivity contribution < 1.29 is 9.59 Å². The standard InChI is InChI=1S/C20H24N4O2/c1-15(25)22-13-17-12-21-14-18(23-17)19-8-5-11-24(19)20(26)10-9-16-6-3-2-4-7-16/h2-4,6-7,12,14,19H,5,8-11,13H2,1H3,(H,22,25)/t19-/m1/s1. The van der Waals surface area contributed by atoms with Gasteiger partial charge in [0.25, 0.3) is 0 Å². The topological polar surface area (TPSA) is 75.2 Å². The van der Waals surface area contributed by atoms with Crippen LogP contribution in [0.15, 0.2) is 42.7 Å². The fourth-order valence-electron chi connectivity index (χ4n) is 3.30. The molecule has 2 amide bonds. The van der Waals surface area contributed by atoms with Crippen LogP contribution in [-0.4, -0.2) is 33.2 Å². The van der Waals surface area contributed by atoms with E-state index in [0.717, 1.165) is 31.5 Å². The van der Waals surface area contributed by atoms with E-state index in [-0.39, 0.29) is 17.9 Å². The van der Waals surface area contributed by atoms with E-state index in [1.165, 1.54) is 12.5 Å². The lowest BCUT2D eigenvalue weighted by molar-refractivity contribution is -0.132. The molecule has 2 aromatic rings. The minimum atomic E-state index is -0.101. The number of aromatic nitrogens is 2. The first-order valence-electron chi connectivity index (χ1n) is 9.02. The van der Waals surface area contributed by atoms with Crippen molar-refractivity contribution in [3.8, 4) is 0 Å². The first-order chi connectivity index (χ1) is 12.6. The Bertz CT molecular complexity index is 763. The molecule has 0 spiro atoms. The molecule has 0 aliphatic carbocycles. The summed E-state index contributed by atoms with van der Waals surface area (Å²) in [6.07, 6.45) is 6.49. The number of carbonyl (C=O) groups is 2. The number of rotatable bonds is 6. The number of hydrogen-bond acceptors (Lipinski definition) is 4. The maximum Gasteiger partial charge on any atom is 0.223 e. The number of aryl methyl sites for hydroxylation is 1. The number of hydrogen-bond donors (Lipinski definition) is 1. The van der Waals surface area contributed by atoms with Crippen LogP contribution in [0.5, 0.6) is 0 Å². The fourth-order valence-corrected chi connectivity index (χ4v) is 3.30. The molecule has 3 rings (SSSR count). The summed E-state index contributed by atoms with van der Waals surface area (Å²) in [5.41, 5.74) is 2.69. The molecule has 1 aliphatic heterocycles. The van der Waals surface area contributed by atoms with Gasteiger partial charge in [0.2, 0.25) is 11.8 Å². The number of amides is 2. The van der Waals surface area contributed by atoms with E-state index in [0.29, 0.717) is 18.7 Å². The van der Waals surface area contributed by atoms with Gasteiger partial charge in [-0.05, 0) is 24.8 Å². The Morgan fingerprint density at radius 1 is 1.23 bits per heavy atom. The van der Waals surface area contributed by atoms with Crippen LogP contribution in [0.4, 0.5) is 0 Å². The third-order valence-electron chi connectivity index (χ3n) is 4.61. The van der Waals surface area contributed by atoms with Crippen molar-refractivity contribution in [2.24, 2.45) is 0 Å². The Labute approximate surface area is 153 Å². The molecule has 136 valence electrons. The second-order valence-electron chi connectivity index (χ2n) is 6.58. The summed E-state index contributed by atoms with van der Waals surface area (Å²) in [5.74, 6) is 0.0567. The molecular weight excluding hydrogens is 328 g/mol. The van der Waals surface area contributed by atoms with Gasteiger partial charge in [-0.2, -0.15) is 0 Å². The molecular formula is C20H24N4O2. The van der Waals surface area contributed by atoms with Crippen molar-refractivity contribution in [1.82, 2.24) is 20.2 Å². The quantitative estimate of drug-likeness (QED) is 0.866. The number of benzene rings is 1.